The average molecular weight is 452 g/mol. The summed E-state index contributed by atoms with van der Waals surface area (Å²) < 4.78 is 11.0. The summed E-state index contributed by atoms with van der Waals surface area (Å²) in [7, 11) is 3.37. The van der Waals surface area contributed by atoms with Crippen LogP contribution in [0.5, 0.6) is 11.5 Å². The number of hydrogen-bond acceptors (Lipinski definition) is 4. The van der Waals surface area contributed by atoms with Crippen LogP contribution in [0.15, 0.2) is 42.5 Å². The molecular formula is C29H41NO3. The van der Waals surface area contributed by atoms with Crippen molar-refractivity contribution in [2.24, 2.45) is 11.8 Å². The largest absolute Gasteiger partial charge is 0.493 e. The molecule has 0 saturated heterocycles. The predicted octanol–water partition coefficient (Wildman–Crippen LogP) is 5.81. The number of methoxy groups -OCH3 is 2. The van der Waals surface area contributed by atoms with Gasteiger partial charge in [0.1, 0.15) is 0 Å². The summed E-state index contributed by atoms with van der Waals surface area (Å²) >= 11 is 0. The van der Waals surface area contributed by atoms with Crippen molar-refractivity contribution < 1.29 is 14.6 Å². The molecule has 0 spiro atoms. The molecular weight excluding hydrogens is 410 g/mol. The van der Waals surface area contributed by atoms with Crippen molar-refractivity contribution in [3.05, 3.63) is 59.2 Å². The summed E-state index contributed by atoms with van der Waals surface area (Å²) in [6, 6.07) is 15.5. The second-order valence-corrected chi connectivity index (χ2v) is 10.6. The van der Waals surface area contributed by atoms with E-state index in [-0.39, 0.29) is 11.6 Å². The van der Waals surface area contributed by atoms with E-state index < -0.39 is 0 Å². The topological polar surface area (TPSA) is 41.9 Å². The van der Waals surface area contributed by atoms with Gasteiger partial charge in [-0.05, 0) is 80.7 Å². The van der Waals surface area contributed by atoms with Crippen molar-refractivity contribution in [2.45, 2.75) is 77.0 Å². The highest BCUT2D eigenvalue weighted by molar-refractivity contribution is 5.43. The van der Waals surface area contributed by atoms with E-state index >= 15 is 0 Å². The van der Waals surface area contributed by atoms with E-state index in [0.29, 0.717) is 17.9 Å². The average Bonchev–Trinajstić information content (AvgIpc) is 2.81. The maximum absolute atomic E-state index is 11.0. The van der Waals surface area contributed by atoms with Crippen molar-refractivity contribution in [1.29, 1.82) is 0 Å². The first-order chi connectivity index (χ1) is 15.8. The van der Waals surface area contributed by atoms with Gasteiger partial charge in [-0.15, -0.1) is 0 Å². The molecule has 0 amide bonds. The number of fused-ring (bicyclic) bond motifs is 1. The van der Waals surface area contributed by atoms with Gasteiger partial charge in [0.05, 0.1) is 20.3 Å². The highest BCUT2D eigenvalue weighted by Crippen LogP contribution is 2.45. The van der Waals surface area contributed by atoms with Crippen LogP contribution in [0.1, 0.15) is 69.2 Å². The fourth-order valence-corrected chi connectivity index (χ4v) is 6.38. The summed E-state index contributed by atoms with van der Waals surface area (Å²) in [6.07, 6.45) is 6.11. The summed E-state index contributed by atoms with van der Waals surface area (Å²) in [5.74, 6) is 2.49. The molecule has 4 nitrogen and oxygen atoms in total. The Morgan fingerprint density at radius 2 is 1.79 bits per heavy atom. The van der Waals surface area contributed by atoms with Gasteiger partial charge in [-0.25, -0.2) is 0 Å². The van der Waals surface area contributed by atoms with Crippen molar-refractivity contribution in [2.75, 3.05) is 20.8 Å². The molecule has 0 bridgehead atoms. The fourth-order valence-electron chi connectivity index (χ4n) is 6.38. The predicted molar refractivity (Wildman–Crippen MR) is 134 cm³/mol. The SMILES string of the molecule is COc1ccc(CC[C@@H]2c3ccccc3CCN2C(C)(C)[C@H]2CC[C@H](C)C[C@@H]2O)cc1OC. The number of aliphatic hydroxyl groups is 1. The Morgan fingerprint density at radius 3 is 2.52 bits per heavy atom. The molecule has 1 aliphatic carbocycles. The lowest BCUT2D eigenvalue weighted by molar-refractivity contribution is -0.0647. The zero-order chi connectivity index (χ0) is 23.6. The molecule has 1 N–H and O–H groups in total. The fraction of sp³-hybridized carbons (Fsp3) is 0.586. The molecule has 4 heteroatoms. The number of aryl methyl sites for hydroxylation is 1. The van der Waals surface area contributed by atoms with Crippen LogP contribution in [0.4, 0.5) is 0 Å². The molecule has 180 valence electrons. The standard InChI is InChI=1S/C29H41NO3/c1-20-10-13-24(26(31)18-20)29(2,3)30-17-16-22-8-6-7-9-23(22)25(30)14-11-21-12-15-27(32-4)28(19-21)33-5/h6-9,12,15,19-20,24-26,31H,10-11,13-14,16-18H2,1-5H3/t20-,24-,25+,26-/m0/s1. The lowest BCUT2D eigenvalue weighted by atomic mass is 9.69. The molecule has 0 unspecified atom stereocenters. The molecule has 0 radical (unpaired) electrons. The minimum Gasteiger partial charge on any atom is -0.493 e. The van der Waals surface area contributed by atoms with Crippen LogP contribution in [0, 0.1) is 11.8 Å². The minimum atomic E-state index is -0.215. The van der Waals surface area contributed by atoms with Crippen LogP contribution in [0.25, 0.3) is 0 Å². The lowest BCUT2D eigenvalue weighted by Gasteiger charge is -2.53. The van der Waals surface area contributed by atoms with Crippen molar-refractivity contribution in [3.8, 4) is 11.5 Å². The number of ether oxygens (including phenoxy) is 2. The van der Waals surface area contributed by atoms with E-state index in [1.54, 1.807) is 14.2 Å². The van der Waals surface area contributed by atoms with Crippen LogP contribution in [0.3, 0.4) is 0 Å². The van der Waals surface area contributed by atoms with Crippen LogP contribution < -0.4 is 9.47 Å². The highest BCUT2D eigenvalue weighted by Gasteiger charge is 2.45. The summed E-state index contributed by atoms with van der Waals surface area (Å²) in [6.45, 7) is 8.05. The lowest BCUT2D eigenvalue weighted by Crippen LogP contribution is -2.57. The van der Waals surface area contributed by atoms with Gasteiger partial charge in [-0.3, -0.25) is 4.90 Å². The zero-order valence-corrected chi connectivity index (χ0v) is 21.0. The third kappa shape index (κ3) is 4.93. The molecule has 1 heterocycles. The molecule has 4 rings (SSSR count). The molecule has 1 fully saturated rings. The molecule has 33 heavy (non-hydrogen) atoms. The van der Waals surface area contributed by atoms with E-state index in [9.17, 15) is 5.11 Å². The number of rotatable bonds is 7. The van der Waals surface area contributed by atoms with Gasteiger partial charge in [-0.1, -0.05) is 43.7 Å². The number of hydrogen-bond donors (Lipinski definition) is 1. The second kappa shape index (κ2) is 10.1. The smallest absolute Gasteiger partial charge is 0.160 e. The normalized spacial score (nSPS) is 26.0. The Labute approximate surface area is 199 Å². The Morgan fingerprint density at radius 1 is 1.03 bits per heavy atom. The molecule has 1 saturated carbocycles. The molecule has 1 aliphatic heterocycles. The van der Waals surface area contributed by atoms with Crippen LogP contribution in [-0.2, 0) is 12.8 Å². The van der Waals surface area contributed by atoms with Crippen molar-refractivity contribution >= 4 is 0 Å². The van der Waals surface area contributed by atoms with E-state index in [0.717, 1.165) is 50.1 Å². The molecule has 2 aliphatic rings. The summed E-state index contributed by atoms with van der Waals surface area (Å²) in [5, 5.41) is 11.0. The third-order valence-electron chi connectivity index (χ3n) is 8.29. The Hall–Kier alpha value is -2.04. The van der Waals surface area contributed by atoms with Gasteiger partial charge >= 0.3 is 0 Å². The van der Waals surface area contributed by atoms with Gasteiger partial charge in [-0.2, -0.15) is 0 Å². The van der Waals surface area contributed by atoms with Crippen molar-refractivity contribution in [1.82, 2.24) is 4.90 Å². The van der Waals surface area contributed by atoms with E-state index in [2.05, 4.69) is 62.1 Å². The van der Waals surface area contributed by atoms with Gasteiger partial charge < -0.3 is 14.6 Å². The summed E-state index contributed by atoms with van der Waals surface area (Å²) in [5.41, 5.74) is 4.13. The quantitative estimate of drug-likeness (QED) is 0.577. The van der Waals surface area contributed by atoms with E-state index in [1.165, 1.54) is 23.1 Å². The van der Waals surface area contributed by atoms with Gasteiger partial charge in [0, 0.05) is 24.0 Å². The van der Waals surface area contributed by atoms with E-state index in [4.69, 9.17) is 9.47 Å². The van der Waals surface area contributed by atoms with Crippen LogP contribution >= 0.6 is 0 Å². The summed E-state index contributed by atoms with van der Waals surface area (Å²) in [4.78, 5) is 2.71. The minimum absolute atomic E-state index is 0.0602. The maximum Gasteiger partial charge on any atom is 0.160 e. The zero-order valence-electron chi connectivity index (χ0n) is 21.0. The van der Waals surface area contributed by atoms with E-state index in [1.807, 2.05) is 6.07 Å². The van der Waals surface area contributed by atoms with Crippen LogP contribution in [0.2, 0.25) is 0 Å². The maximum atomic E-state index is 11.0. The second-order valence-electron chi connectivity index (χ2n) is 10.6. The monoisotopic (exact) mass is 451 g/mol. The van der Waals surface area contributed by atoms with Gasteiger partial charge in [0.2, 0.25) is 0 Å². The highest BCUT2D eigenvalue weighted by atomic mass is 16.5. The molecule has 0 aromatic heterocycles. The number of aliphatic hydroxyl groups excluding tert-OH is 1. The Kier molecular flexibility index (Phi) is 7.35. The Bertz CT molecular complexity index is 940. The van der Waals surface area contributed by atoms with Gasteiger partial charge in [0.25, 0.3) is 0 Å². The molecule has 4 atom stereocenters. The van der Waals surface area contributed by atoms with Crippen molar-refractivity contribution in [3.63, 3.8) is 0 Å². The number of nitrogens with zero attached hydrogens (tertiary/aromatic N) is 1. The van der Waals surface area contributed by atoms with Crippen LogP contribution in [-0.4, -0.2) is 42.4 Å². The first kappa shape index (κ1) is 24.1. The third-order valence-corrected chi connectivity index (χ3v) is 8.29. The molecule has 2 aromatic rings. The molecule has 2 aromatic carbocycles. The number of benzene rings is 2. The van der Waals surface area contributed by atoms with Gasteiger partial charge in [0.15, 0.2) is 11.5 Å². The Balaban J connectivity index is 1.61. The first-order valence-corrected chi connectivity index (χ1v) is 12.6. The first-order valence-electron chi connectivity index (χ1n) is 12.6.